The molecule has 0 bridgehead atoms. The SMILES string of the molecule is CCC(NC)c1ccc(N(C)CC2CCCN2CC)cc1. The third-order valence-electron chi connectivity index (χ3n) is 4.88. The molecule has 21 heavy (non-hydrogen) atoms. The first kappa shape index (κ1) is 16.3. The van der Waals surface area contributed by atoms with Gasteiger partial charge in [0.2, 0.25) is 0 Å². The summed E-state index contributed by atoms with van der Waals surface area (Å²) in [5.41, 5.74) is 2.71. The first-order chi connectivity index (χ1) is 10.2. The number of anilines is 1. The second kappa shape index (κ2) is 7.81. The fraction of sp³-hybridized carbons (Fsp3) is 0.667. The first-order valence-corrected chi connectivity index (χ1v) is 8.42. The highest BCUT2D eigenvalue weighted by Gasteiger charge is 2.24. The summed E-state index contributed by atoms with van der Waals surface area (Å²) in [5.74, 6) is 0. The lowest BCUT2D eigenvalue weighted by Crippen LogP contribution is -2.38. The average Bonchev–Trinajstić information content (AvgIpc) is 2.96. The Morgan fingerprint density at radius 1 is 1.29 bits per heavy atom. The van der Waals surface area contributed by atoms with E-state index in [1.807, 2.05) is 7.05 Å². The van der Waals surface area contributed by atoms with Gasteiger partial charge in [-0.2, -0.15) is 0 Å². The Balaban J connectivity index is 1.98. The number of hydrogen-bond acceptors (Lipinski definition) is 3. The van der Waals surface area contributed by atoms with E-state index in [1.54, 1.807) is 0 Å². The molecule has 1 saturated heterocycles. The molecule has 0 spiro atoms. The van der Waals surface area contributed by atoms with Gasteiger partial charge in [0.05, 0.1) is 0 Å². The van der Waals surface area contributed by atoms with Crippen molar-refractivity contribution in [3.63, 3.8) is 0 Å². The Kier molecular flexibility index (Phi) is 6.07. The predicted octanol–water partition coefficient (Wildman–Crippen LogP) is 3.28. The molecule has 3 nitrogen and oxygen atoms in total. The summed E-state index contributed by atoms with van der Waals surface area (Å²) in [6.07, 6.45) is 3.82. The van der Waals surface area contributed by atoms with Crippen LogP contribution in [0, 0.1) is 0 Å². The van der Waals surface area contributed by atoms with Crippen molar-refractivity contribution in [2.24, 2.45) is 0 Å². The van der Waals surface area contributed by atoms with Gasteiger partial charge in [0.25, 0.3) is 0 Å². The second-order valence-electron chi connectivity index (χ2n) is 6.15. The van der Waals surface area contributed by atoms with Crippen LogP contribution in [0.4, 0.5) is 5.69 Å². The molecule has 0 aliphatic carbocycles. The number of likely N-dealkylation sites (N-methyl/N-ethyl adjacent to an activating group) is 2. The lowest BCUT2D eigenvalue weighted by molar-refractivity contribution is 0.270. The highest BCUT2D eigenvalue weighted by atomic mass is 15.2. The summed E-state index contributed by atoms with van der Waals surface area (Å²) in [6.45, 7) is 8.08. The van der Waals surface area contributed by atoms with E-state index < -0.39 is 0 Å². The van der Waals surface area contributed by atoms with Crippen molar-refractivity contribution >= 4 is 5.69 Å². The van der Waals surface area contributed by atoms with Gasteiger partial charge in [0, 0.05) is 31.4 Å². The molecule has 2 atom stereocenters. The Hall–Kier alpha value is -1.06. The van der Waals surface area contributed by atoms with Crippen LogP contribution in [0.5, 0.6) is 0 Å². The Morgan fingerprint density at radius 3 is 2.57 bits per heavy atom. The van der Waals surface area contributed by atoms with Crippen molar-refractivity contribution < 1.29 is 0 Å². The standard InChI is InChI=1S/C18H31N3/c1-5-18(19-3)15-9-11-16(12-10-15)20(4)14-17-8-7-13-21(17)6-2/h9-12,17-19H,5-8,13-14H2,1-4H3. The normalized spacial score (nSPS) is 20.7. The number of benzene rings is 1. The van der Waals surface area contributed by atoms with Crippen LogP contribution in [0.1, 0.15) is 44.7 Å². The van der Waals surface area contributed by atoms with Gasteiger partial charge in [-0.15, -0.1) is 0 Å². The Bertz CT molecular complexity index is 411. The van der Waals surface area contributed by atoms with E-state index >= 15 is 0 Å². The van der Waals surface area contributed by atoms with Crippen molar-refractivity contribution in [1.29, 1.82) is 0 Å². The number of hydrogen-bond donors (Lipinski definition) is 1. The average molecular weight is 289 g/mol. The third-order valence-corrected chi connectivity index (χ3v) is 4.88. The van der Waals surface area contributed by atoms with Gasteiger partial charge in [0.15, 0.2) is 0 Å². The topological polar surface area (TPSA) is 18.5 Å². The van der Waals surface area contributed by atoms with Crippen LogP contribution in [-0.4, -0.2) is 44.7 Å². The predicted molar refractivity (Wildman–Crippen MR) is 92.1 cm³/mol. The minimum atomic E-state index is 0.467. The molecule has 0 aromatic heterocycles. The van der Waals surface area contributed by atoms with Gasteiger partial charge in [-0.1, -0.05) is 26.0 Å². The van der Waals surface area contributed by atoms with E-state index in [4.69, 9.17) is 0 Å². The zero-order valence-electron chi connectivity index (χ0n) is 14.1. The summed E-state index contributed by atoms with van der Waals surface area (Å²) in [4.78, 5) is 5.02. The van der Waals surface area contributed by atoms with Crippen molar-refractivity contribution in [1.82, 2.24) is 10.2 Å². The number of nitrogens with one attached hydrogen (secondary N) is 1. The quantitative estimate of drug-likeness (QED) is 0.831. The molecule has 3 heteroatoms. The molecule has 1 aliphatic heterocycles. The van der Waals surface area contributed by atoms with Crippen LogP contribution in [-0.2, 0) is 0 Å². The highest BCUT2D eigenvalue weighted by Crippen LogP contribution is 2.23. The van der Waals surface area contributed by atoms with Gasteiger partial charge in [0.1, 0.15) is 0 Å². The van der Waals surface area contributed by atoms with E-state index in [9.17, 15) is 0 Å². The molecule has 0 amide bonds. The summed E-state index contributed by atoms with van der Waals surface area (Å²) in [5, 5.41) is 3.37. The van der Waals surface area contributed by atoms with Crippen LogP contribution in [0.2, 0.25) is 0 Å². The molecular weight excluding hydrogens is 258 g/mol. The molecule has 1 aromatic carbocycles. The Labute approximate surface area is 130 Å². The second-order valence-corrected chi connectivity index (χ2v) is 6.15. The monoisotopic (exact) mass is 289 g/mol. The molecule has 1 heterocycles. The zero-order chi connectivity index (χ0) is 15.2. The molecule has 1 N–H and O–H groups in total. The maximum absolute atomic E-state index is 3.37. The van der Waals surface area contributed by atoms with E-state index in [2.05, 4.69) is 60.3 Å². The fourth-order valence-corrected chi connectivity index (χ4v) is 3.51. The minimum Gasteiger partial charge on any atom is -0.373 e. The molecule has 1 aromatic rings. The maximum atomic E-state index is 3.37. The van der Waals surface area contributed by atoms with Crippen molar-refractivity contribution in [2.45, 2.75) is 45.2 Å². The fourth-order valence-electron chi connectivity index (χ4n) is 3.51. The zero-order valence-corrected chi connectivity index (χ0v) is 14.1. The van der Waals surface area contributed by atoms with Gasteiger partial charge in [-0.25, -0.2) is 0 Å². The van der Waals surface area contributed by atoms with Crippen molar-refractivity contribution in [2.75, 3.05) is 38.6 Å². The molecule has 1 fully saturated rings. The lowest BCUT2D eigenvalue weighted by atomic mass is 10.0. The molecule has 0 saturated carbocycles. The van der Waals surface area contributed by atoms with Crippen LogP contribution >= 0.6 is 0 Å². The molecule has 0 radical (unpaired) electrons. The Morgan fingerprint density at radius 2 is 2.00 bits per heavy atom. The maximum Gasteiger partial charge on any atom is 0.0364 e. The summed E-state index contributed by atoms with van der Waals surface area (Å²) in [6, 6.07) is 10.3. The summed E-state index contributed by atoms with van der Waals surface area (Å²) in [7, 11) is 4.25. The molecular formula is C18H31N3. The first-order valence-electron chi connectivity index (χ1n) is 8.42. The summed E-state index contributed by atoms with van der Waals surface area (Å²) >= 11 is 0. The van der Waals surface area contributed by atoms with E-state index in [1.165, 1.54) is 37.2 Å². The van der Waals surface area contributed by atoms with Crippen LogP contribution in [0.15, 0.2) is 24.3 Å². The third kappa shape index (κ3) is 3.98. The van der Waals surface area contributed by atoms with Gasteiger partial charge < -0.3 is 10.2 Å². The van der Waals surface area contributed by atoms with E-state index in [0.29, 0.717) is 6.04 Å². The molecule has 1 aliphatic rings. The van der Waals surface area contributed by atoms with Gasteiger partial charge >= 0.3 is 0 Å². The lowest BCUT2D eigenvalue weighted by Gasteiger charge is -2.29. The number of rotatable bonds is 7. The summed E-state index contributed by atoms with van der Waals surface area (Å²) < 4.78 is 0. The van der Waals surface area contributed by atoms with E-state index in [-0.39, 0.29) is 0 Å². The smallest absolute Gasteiger partial charge is 0.0364 e. The number of likely N-dealkylation sites (tertiary alicyclic amines) is 1. The van der Waals surface area contributed by atoms with Crippen LogP contribution in [0.3, 0.4) is 0 Å². The van der Waals surface area contributed by atoms with Crippen molar-refractivity contribution in [3.8, 4) is 0 Å². The van der Waals surface area contributed by atoms with Crippen molar-refractivity contribution in [3.05, 3.63) is 29.8 Å². The molecule has 2 unspecified atom stereocenters. The van der Waals surface area contributed by atoms with Crippen LogP contribution in [0.25, 0.3) is 0 Å². The number of nitrogens with zero attached hydrogens (tertiary/aromatic N) is 2. The van der Waals surface area contributed by atoms with Crippen LogP contribution < -0.4 is 10.2 Å². The van der Waals surface area contributed by atoms with E-state index in [0.717, 1.165) is 19.0 Å². The minimum absolute atomic E-state index is 0.467. The molecule has 118 valence electrons. The highest BCUT2D eigenvalue weighted by molar-refractivity contribution is 5.47. The largest absolute Gasteiger partial charge is 0.373 e. The van der Waals surface area contributed by atoms with Gasteiger partial charge in [-0.3, -0.25) is 4.90 Å². The van der Waals surface area contributed by atoms with Gasteiger partial charge in [-0.05, 0) is 57.1 Å². The molecule has 2 rings (SSSR count).